The van der Waals surface area contributed by atoms with Crippen LogP contribution in [0.3, 0.4) is 0 Å². The fraction of sp³-hybridized carbons (Fsp3) is 0.412. The van der Waals surface area contributed by atoms with Crippen molar-refractivity contribution >= 4 is 17.4 Å². The van der Waals surface area contributed by atoms with Crippen molar-refractivity contribution in [2.24, 2.45) is 0 Å². The van der Waals surface area contributed by atoms with Gasteiger partial charge in [-0.05, 0) is 66.3 Å². The zero-order valence-electron chi connectivity index (χ0n) is 12.7. The number of likely N-dealkylation sites (tertiary alicyclic amines) is 1. The summed E-state index contributed by atoms with van der Waals surface area (Å²) in [5.41, 5.74) is 2.46. The lowest BCUT2D eigenvalue weighted by molar-refractivity contribution is 0.189. The van der Waals surface area contributed by atoms with Crippen LogP contribution in [0.2, 0.25) is 0 Å². The molecule has 116 valence electrons. The van der Waals surface area contributed by atoms with Crippen molar-refractivity contribution in [3.63, 3.8) is 0 Å². The third-order valence-corrected chi connectivity index (χ3v) is 4.83. The van der Waals surface area contributed by atoms with E-state index in [0.29, 0.717) is 0 Å². The van der Waals surface area contributed by atoms with Gasteiger partial charge in [0.25, 0.3) is 0 Å². The van der Waals surface area contributed by atoms with E-state index in [2.05, 4.69) is 34.1 Å². The molecule has 0 unspecified atom stereocenters. The van der Waals surface area contributed by atoms with Crippen LogP contribution in [0.1, 0.15) is 36.9 Å². The second-order valence-electron chi connectivity index (χ2n) is 5.82. The summed E-state index contributed by atoms with van der Waals surface area (Å²) in [6, 6.07) is 6.48. The second-order valence-corrected chi connectivity index (χ2v) is 6.60. The number of nitrogens with zero attached hydrogens (tertiary/aromatic N) is 2. The van der Waals surface area contributed by atoms with Gasteiger partial charge in [0.05, 0.1) is 6.04 Å². The first-order valence-electron chi connectivity index (χ1n) is 7.72. The van der Waals surface area contributed by atoms with Gasteiger partial charge in [-0.2, -0.15) is 11.3 Å². The number of nitrogens with one attached hydrogen (secondary N) is 1. The zero-order chi connectivity index (χ0) is 15.4. The van der Waals surface area contributed by atoms with E-state index in [1.54, 1.807) is 23.7 Å². The summed E-state index contributed by atoms with van der Waals surface area (Å²) >= 11 is 1.69. The summed E-state index contributed by atoms with van der Waals surface area (Å²) in [4.78, 5) is 18.6. The molecule has 0 bridgehead atoms. The molecular weight excluding hydrogens is 294 g/mol. The Kier molecular flexibility index (Phi) is 4.73. The van der Waals surface area contributed by atoms with Crippen molar-refractivity contribution in [1.82, 2.24) is 15.2 Å². The van der Waals surface area contributed by atoms with Crippen molar-refractivity contribution in [3.05, 3.63) is 52.5 Å². The van der Waals surface area contributed by atoms with Crippen LogP contribution < -0.4 is 5.32 Å². The van der Waals surface area contributed by atoms with Crippen LogP contribution in [0.25, 0.3) is 0 Å². The standard InChI is InChI=1S/C17H21N3OS/c1-13(11-14-6-10-22-12-14)19-17(21)20-9-2-3-16(20)15-4-7-18-8-5-15/h4-8,10,12-13,16H,2-3,9,11H2,1H3,(H,19,21)/t13-,16-/m1/s1. The molecule has 2 aromatic heterocycles. The lowest BCUT2D eigenvalue weighted by Crippen LogP contribution is -2.44. The molecular formula is C17H21N3OS. The van der Waals surface area contributed by atoms with E-state index in [1.807, 2.05) is 17.0 Å². The molecule has 2 atom stereocenters. The van der Waals surface area contributed by atoms with Crippen molar-refractivity contribution in [1.29, 1.82) is 0 Å². The van der Waals surface area contributed by atoms with Crippen LogP contribution in [0, 0.1) is 0 Å². The van der Waals surface area contributed by atoms with E-state index < -0.39 is 0 Å². The number of thiophene rings is 1. The fourth-order valence-electron chi connectivity index (χ4n) is 3.05. The number of carbonyl (C=O) groups excluding carboxylic acids is 1. The van der Waals surface area contributed by atoms with Gasteiger partial charge in [0.15, 0.2) is 0 Å². The lowest BCUT2D eigenvalue weighted by Gasteiger charge is -2.27. The number of carbonyl (C=O) groups is 1. The van der Waals surface area contributed by atoms with Gasteiger partial charge < -0.3 is 10.2 Å². The molecule has 4 nitrogen and oxygen atoms in total. The largest absolute Gasteiger partial charge is 0.335 e. The Bertz CT molecular complexity index is 600. The van der Waals surface area contributed by atoms with Gasteiger partial charge in [-0.1, -0.05) is 0 Å². The monoisotopic (exact) mass is 315 g/mol. The van der Waals surface area contributed by atoms with E-state index in [4.69, 9.17) is 0 Å². The number of hydrogen-bond donors (Lipinski definition) is 1. The first kappa shape index (κ1) is 15.0. The molecule has 1 fully saturated rings. The van der Waals surface area contributed by atoms with E-state index in [1.165, 1.54) is 11.1 Å². The van der Waals surface area contributed by atoms with Crippen LogP contribution in [-0.4, -0.2) is 28.5 Å². The Morgan fingerprint density at radius 1 is 1.45 bits per heavy atom. The van der Waals surface area contributed by atoms with Crippen molar-refractivity contribution < 1.29 is 4.79 Å². The highest BCUT2D eigenvalue weighted by Gasteiger charge is 2.30. The summed E-state index contributed by atoms with van der Waals surface area (Å²) in [7, 11) is 0. The molecule has 22 heavy (non-hydrogen) atoms. The molecule has 2 amide bonds. The molecule has 1 aliphatic heterocycles. The summed E-state index contributed by atoms with van der Waals surface area (Å²) in [6.45, 7) is 2.89. The molecule has 0 radical (unpaired) electrons. The van der Waals surface area contributed by atoms with Crippen LogP contribution in [0.15, 0.2) is 41.4 Å². The minimum atomic E-state index is 0.0436. The van der Waals surface area contributed by atoms with Gasteiger partial charge in [0.2, 0.25) is 0 Å². The minimum absolute atomic E-state index is 0.0436. The molecule has 0 aliphatic carbocycles. The Morgan fingerprint density at radius 3 is 3.00 bits per heavy atom. The molecule has 1 saturated heterocycles. The van der Waals surface area contributed by atoms with Gasteiger partial charge in [0.1, 0.15) is 0 Å². The maximum Gasteiger partial charge on any atom is 0.318 e. The smallest absolute Gasteiger partial charge is 0.318 e. The number of amides is 2. The summed E-state index contributed by atoms with van der Waals surface area (Å²) in [5.74, 6) is 0. The Labute approximate surface area is 135 Å². The highest BCUT2D eigenvalue weighted by Crippen LogP contribution is 2.31. The topological polar surface area (TPSA) is 45.2 Å². The van der Waals surface area contributed by atoms with Gasteiger partial charge in [0, 0.05) is 25.0 Å². The van der Waals surface area contributed by atoms with E-state index in [0.717, 1.165) is 25.8 Å². The van der Waals surface area contributed by atoms with Crippen molar-refractivity contribution in [2.75, 3.05) is 6.54 Å². The fourth-order valence-corrected chi connectivity index (χ4v) is 3.73. The lowest BCUT2D eigenvalue weighted by atomic mass is 10.1. The highest BCUT2D eigenvalue weighted by molar-refractivity contribution is 7.07. The normalized spacial score (nSPS) is 19.1. The Hall–Kier alpha value is -1.88. The Balaban J connectivity index is 1.61. The van der Waals surface area contributed by atoms with Gasteiger partial charge in [-0.25, -0.2) is 4.79 Å². The molecule has 5 heteroatoms. The average molecular weight is 315 g/mol. The van der Waals surface area contributed by atoms with Gasteiger partial charge >= 0.3 is 6.03 Å². The maximum absolute atomic E-state index is 12.6. The van der Waals surface area contributed by atoms with Gasteiger partial charge in [-0.15, -0.1) is 0 Å². The van der Waals surface area contributed by atoms with Crippen LogP contribution in [0.5, 0.6) is 0 Å². The molecule has 3 heterocycles. The molecule has 0 spiro atoms. The quantitative estimate of drug-likeness (QED) is 0.936. The van der Waals surface area contributed by atoms with Crippen LogP contribution in [0.4, 0.5) is 4.79 Å². The van der Waals surface area contributed by atoms with E-state index >= 15 is 0 Å². The van der Waals surface area contributed by atoms with Crippen molar-refractivity contribution in [2.45, 2.75) is 38.3 Å². The number of aromatic nitrogens is 1. The third kappa shape index (κ3) is 3.47. The predicted octanol–water partition coefficient (Wildman–Crippen LogP) is 3.62. The predicted molar refractivity (Wildman–Crippen MR) is 88.9 cm³/mol. The number of rotatable bonds is 4. The summed E-state index contributed by atoms with van der Waals surface area (Å²) < 4.78 is 0. The van der Waals surface area contributed by atoms with Crippen LogP contribution in [-0.2, 0) is 6.42 Å². The SMILES string of the molecule is C[C@H](Cc1ccsc1)NC(=O)N1CCC[C@@H]1c1ccncc1. The highest BCUT2D eigenvalue weighted by atomic mass is 32.1. The number of hydrogen-bond acceptors (Lipinski definition) is 3. The van der Waals surface area contributed by atoms with Gasteiger partial charge in [-0.3, -0.25) is 4.98 Å². The first-order valence-corrected chi connectivity index (χ1v) is 8.66. The molecule has 0 saturated carbocycles. The summed E-state index contributed by atoms with van der Waals surface area (Å²) in [5, 5.41) is 7.35. The van der Waals surface area contributed by atoms with E-state index in [9.17, 15) is 4.79 Å². The molecule has 2 aromatic rings. The third-order valence-electron chi connectivity index (χ3n) is 4.10. The maximum atomic E-state index is 12.6. The first-order chi connectivity index (χ1) is 10.7. The number of pyridine rings is 1. The number of urea groups is 1. The van der Waals surface area contributed by atoms with E-state index in [-0.39, 0.29) is 18.1 Å². The molecule has 0 aromatic carbocycles. The second kappa shape index (κ2) is 6.92. The molecule has 1 N–H and O–H groups in total. The zero-order valence-corrected chi connectivity index (χ0v) is 13.6. The van der Waals surface area contributed by atoms with Crippen molar-refractivity contribution in [3.8, 4) is 0 Å². The summed E-state index contributed by atoms with van der Waals surface area (Å²) in [6.07, 6.45) is 6.55. The minimum Gasteiger partial charge on any atom is -0.335 e. The van der Waals surface area contributed by atoms with Crippen LogP contribution >= 0.6 is 11.3 Å². The Morgan fingerprint density at radius 2 is 2.27 bits per heavy atom. The molecule has 3 rings (SSSR count). The molecule has 1 aliphatic rings. The average Bonchev–Trinajstić information content (AvgIpc) is 3.18.